The van der Waals surface area contributed by atoms with Crippen molar-refractivity contribution in [1.29, 1.82) is 0 Å². The van der Waals surface area contributed by atoms with Gasteiger partial charge in [-0.2, -0.15) is 5.10 Å². The van der Waals surface area contributed by atoms with Crippen molar-refractivity contribution in [3.63, 3.8) is 0 Å². The van der Waals surface area contributed by atoms with Crippen LogP contribution in [0.2, 0.25) is 10.0 Å². The molecule has 0 aromatic heterocycles. The zero-order valence-electron chi connectivity index (χ0n) is 15.4. The molecule has 0 spiro atoms. The summed E-state index contributed by atoms with van der Waals surface area (Å²) < 4.78 is 10.7. The van der Waals surface area contributed by atoms with E-state index in [4.69, 9.17) is 32.7 Å². The molecule has 1 amide bonds. The molecule has 0 saturated carbocycles. The molecule has 8 heteroatoms. The molecule has 6 nitrogen and oxygen atoms in total. The Hall–Kier alpha value is -2.70. The van der Waals surface area contributed by atoms with Gasteiger partial charge in [0.1, 0.15) is 5.75 Å². The summed E-state index contributed by atoms with van der Waals surface area (Å²) in [6.07, 6.45) is 2.73. The van der Waals surface area contributed by atoms with Gasteiger partial charge in [-0.3, -0.25) is 4.79 Å². The quantitative estimate of drug-likeness (QED) is 0.376. The van der Waals surface area contributed by atoms with Crippen LogP contribution in [-0.4, -0.2) is 30.4 Å². The van der Waals surface area contributed by atoms with Crippen LogP contribution < -0.4 is 14.9 Å². The lowest BCUT2D eigenvalue weighted by Crippen LogP contribution is -2.33. The van der Waals surface area contributed by atoms with Crippen molar-refractivity contribution in [3.8, 4) is 17.2 Å². The van der Waals surface area contributed by atoms with Gasteiger partial charge in [-0.25, -0.2) is 5.43 Å². The number of nitrogens with one attached hydrogen (secondary N) is 1. The van der Waals surface area contributed by atoms with Crippen LogP contribution in [0.1, 0.15) is 18.1 Å². The van der Waals surface area contributed by atoms with Crippen molar-refractivity contribution < 1.29 is 19.4 Å². The first kappa shape index (κ1) is 21.6. The van der Waals surface area contributed by atoms with E-state index in [9.17, 15) is 9.90 Å². The van der Waals surface area contributed by atoms with Gasteiger partial charge < -0.3 is 14.6 Å². The summed E-state index contributed by atoms with van der Waals surface area (Å²) >= 11 is 11.9. The van der Waals surface area contributed by atoms with E-state index in [1.165, 1.54) is 19.4 Å². The van der Waals surface area contributed by atoms with Gasteiger partial charge in [0.25, 0.3) is 5.91 Å². The summed E-state index contributed by atoms with van der Waals surface area (Å²) in [5, 5.41) is 14.8. The third-order valence-electron chi connectivity index (χ3n) is 3.72. The van der Waals surface area contributed by atoms with Crippen molar-refractivity contribution in [1.82, 2.24) is 5.43 Å². The molecule has 2 aromatic carbocycles. The first-order valence-electron chi connectivity index (χ1n) is 8.31. The van der Waals surface area contributed by atoms with Crippen LogP contribution in [0, 0.1) is 0 Å². The van der Waals surface area contributed by atoms with Gasteiger partial charge in [-0.05, 0) is 49.2 Å². The Morgan fingerprint density at radius 1 is 1.32 bits per heavy atom. The van der Waals surface area contributed by atoms with Gasteiger partial charge in [0.2, 0.25) is 0 Å². The lowest BCUT2D eigenvalue weighted by Gasteiger charge is -2.14. The first-order valence-corrected chi connectivity index (χ1v) is 9.06. The summed E-state index contributed by atoms with van der Waals surface area (Å²) in [6, 6.07) is 8.06. The largest absolute Gasteiger partial charge is 0.504 e. The van der Waals surface area contributed by atoms with E-state index >= 15 is 0 Å². The molecule has 0 aliphatic rings. The van der Waals surface area contributed by atoms with Crippen molar-refractivity contribution >= 4 is 35.3 Å². The van der Waals surface area contributed by atoms with E-state index < -0.39 is 12.0 Å². The number of amides is 1. The van der Waals surface area contributed by atoms with Crippen LogP contribution in [0.15, 0.2) is 48.1 Å². The van der Waals surface area contributed by atoms with Crippen LogP contribution >= 0.6 is 23.2 Å². The molecule has 0 unspecified atom stereocenters. The predicted octanol–water partition coefficient (Wildman–Crippen LogP) is 4.35. The summed E-state index contributed by atoms with van der Waals surface area (Å²) in [6.45, 7) is 5.23. The Labute approximate surface area is 173 Å². The third kappa shape index (κ3) is 5.65. The normalized spacial score (nSPS) is 11.9. The van der Waals surface area contributed by atoms with Crippen LogP contribution in [0.5, 0.6) is 17.2 Å². The fraction of sp³-hybridized carbons (Fsp3) is 0.200. The molecule has 0 aliphatic carbocycles. The number of hydrogen-bond acceptors (Lipinski definition) is 5. The van der Waals surface area contributed by atoms with Crippen LogP contribution in [0.25, 0.3) is 0 Å². The molecule has 0 fully saturated rings. The minimum Gasteiger partial charge on any atom is -0.504 e. The Morgan fingerprint density at radius 3 is 2.71 bits per heavy atom. The number of halogens is 2. The van der Waals surface area contributed by atoms with E-state index in [0.29, 0.717) is 39.1 Å². The zero-order valence-corrected chi connectivity index (χ0v) is 16.9. The van der Waals surface area contributed by atoms with Gasteiger partial charge in [-0.1, -0.05) is 29.3 Å². The van der Waals surface area contributed by atoms with Gasteiger partial charge in [0.15, 0.2) is 17.6 Å². The number of hydrazone groups is 1. The van der Waals surface area contributed by atoms with E-state index in [1.807, 2.05) is 0 Å². The molecule has 2 N–H and O–H groups in total. The highest BCUT2D eigenvalue weighted by Gasteiger charge is 2.16. The van der Waals surface area contributed by atoms with Crippen molar-refractivity contribution in [2.45, 2.75) is 19.4 Å². The second-order valence-corrected chi connectivity index (χ2v) is 6.64. The number of hydrogen-bond donors (Lipinski definition) is 2. The fourth-order valence-electron chi connectivity index (χ4n) is 2.31. The summed E-state index contributed by atoms with van der Waals surface area (Å²) in [7, 11) is 1.45. The van der Waals surface area contributed by atoms with Gasteiger partial charge in [-0.15, -0.1) is 6.58 Å². The van der Waals surface area contributed by atoms with E-state index in [1.54, 1.807) is 37.3 Å². The molecule has 0 aliphatic heterocycles. The Kier molecular flexibility index (Phi) is 7.72. The highest BCUT2D eigenvalue weighted by atomic mass is 35.5. The van der Waals surface area contributed by atoms with Crippen LogP contribution in [0.4, 0.5) is 0 Å². The highest BCUT2D eigenvalue weighted by molar-refractivity contribution is 6.35. The molecular formula is C20H20Cl2N2O4. The third-order valence-corrected chi connectivity index (χ3v) is 4.25. The molecular weight excluding hydrogens is 403 g/mol. The average Bonchev–Trinajstić information content (AvgIpc) is 2.66. The molecule has 1 atom stereocenters. The summed E-state index contributed by atoms with van der Waals surface area (Å²) in [5.41, 5.74) is 3.67. The highest BCUT2D eigenvalue weighted by Crippen LogP contribution is 2.31. The average molecular weight is 423 g/mol. The van der Waals surface area contributed by atoms with Crippen LogP contribution in [-0.2, 0) is 11.2 Å². The molecule has 0 heterocycles. The zero-order chi connectivity index (χ0) is 20.7. The number of ether oxygens (including phenoxy) is 2. The second kappa shape index (κ2) is 10.0. The summed E-state index contributed by atoms with van der Waals surface area (Å²) in [4.78, 5) is 12.2. The minimum atomic E-state index is -0.832. The number of benzene rings is 2. The molecule has 2 aromatic rings. The topological polar surface area (TPSA) is 80.2 Å². The maximum absolute atomic E-state index is 12.2. The van der Waals surface area contributed by atoms with E-state index in [2.05, 4.69) is 17.1 Å². The SMILES string of the molecule is C=CCc1cc(C=NNC(=O)[C@H](C)Oc2ccc(Cl)cc2Cl)cc(OC)c1O. The molecule has 0 radical (unpaired) electrons. The molecule has 148 valence electrons. The number of allylic oxidation sites excluding steroid dienone is 1. The Bertz CT molecular complexity index is 900. The number of carbonyl (C=O) groups excluding carboxylic acids is 1. The van der Waals surface area contributed by atoms with Crippen molar-refractivity contribution in [2.75, 3.05) is 7.11 Å². The molecule has 0 bridgehead atoms. The molecule has 2 rings (SSSR count). The number of methoxy groups -OCH3 is 1. The maximum Gasteiger partial charge on any atom is 0.280 e. The van der Waals surface area contributed by atoms with Crippen molar-refractivity contribution in [3.05, 3.63) is 64.2 Å². The number of nitrogens with zero attached hydrogens (tertiary/aromatic N) is 1. The smallest absolute Gasteiger partial charge is 0.280 e. The van der Waals surface area contributed by atoms with Crippen molar-refractivity contribution in [2.24, 2.45) is 5.10 Å². The lowest BCUT2D eigenvalue weighted by molar-refractivity contribution is -0.127. The minimum absolute atomic E-state index is 0.0467. The number of phenolic OH excluding ortho intramolecular Hbond substituents is 1. The standard InChI is InChI=1S/C20H20Cl2N2O4/c1-4-5-14-8-13(9-18(27-3)19(14)25)11-23-24-20(26)12(2)28-17-7-6-15(21)10-16(17)22/h4,6-12,25H,1,5H2,2-3H3,(H,24,26)/t12-/m0/s1. The number of rotatable bonds is 8. The number of carbonyl (C=O) groups is 1. The van der Waals surface area contributed by atoms with Gasteiger partial charge in [0.05, 0.1) is 18.3 Å². The van der Waals surface area contributed by atoms with Crippen LogP contribution in [0.3, 0.4) is 0 Å². The molecule has 28 heavy (non-hydrogen) atoms. The monoisotopic (exact) mass is 422 g/mol. The first-order chi connectivity index (χ1) is 13.3. The van der Waals surface area contributed by atoms with Gasteiger partial charge in [0, 0.05) is 10.6 Å². The summed E-state index contributed by atoms with van der Waals surface area (Å²) in [5.74, 6) is 0.237. The lowest BCUT2D eigenvalue weighted by atomic mass is 10.1. The Morgan fingerprint density at radius 2 is 2.07 bits per heavy atom. The number of aromatic hydroxyl groups is 1. The second-order valence-electron chi connectivity index (χ2n) is 5.79. The molecule has 0 saturated heterocycles. The Balaban J connectivity index is 2.04. The maximum atomic E-state index is 12.2. The van der Waals surface area contributed by atoms with E-state index in [-0.39, 0.29) is 5.75 Å². The van der Waals surface area contributed by atoms with E-state index in [0.717, 1.165) is 0 Å². The van der Waals surface area contributed by atoms with Gasteiger partial charge >= 0.3 is 0 Å². The fourth-order valence-corrected chi connectivity index (χ4v) is 2.76. The number of phenols is 1. The predicted molar refractivity (Wildman–Crippen MR) is 111 cm³/mol.